The maximum atomic E-state index is 5.80. The van der Waals surface area contributed by atoms with Gasteiger partial charge in [-0.1, -0.05) is 18.2 Å². The van der Waals surface area contributed by atoms with E-state index in [0.29, 0.717) is 6.54 Å². The van der Waals surface area contributed by atoms with Gasteiger partial charge in [-0.2, -0.15) is 0 Å². The summed E-state index contributed by atoms with van der Waals surface area (Å²) < 4.78 is 0. The maximum Gasteiger partial charge on any atom is 0.0682 e. The summed E-state index contributed by atoms with van der Waals surface area (Å²) in [5.74, 6) is 0. The fraction of sp³-hybridized carbons (Fsp3) is 0.0641. The third-order valence-electron chi connectivity index (χ3n) is 27.9. The molecule has 0 unspecified atom stereocenters. The molecule has 4 heterocycles. The number of aromatic nitrogens is 3. The smallest absolute Gasteiger partial charge is 0.0682 e. The second kappa shape index (κ2) is 7.85. The van der Waals surface area contributed by atoms with Gasteiger partial charge in [-0.15, -0.1) is 0 Å². The van der Waals surface area contributed by atoms with Crippen LogP contribution in [0.15, 0.2) is 73.2 Å². The third kappa shape index (κ3) is 1.89. The first-order valence-electron chi connectivity index (χ1n) is 30.2. The number of hydrogen-bond acceptors (Lipinski definition) is 4. The molecule has 36 rings (SSSR count). The number of nitrogens with zero attached hydrogens (tertiary/aromatic N) is 4. The van der Waals surface area contributed by atoms with Crippen molar-refractivity contribution < 1.29 is 0 Å². The molecule has 1 fully saturated rings. The summed E-state index contributed by atoms with van der Waals surface area (Å²) in [6.45, 7) is 0.676. The van der Waals surface area contributed by atoms with Gasteiger partial charge >= 0.3 is 0 Å². The highest BCUT2D eigenvalue weighted by atomic mass is 15.3. The van der Waals surface area contributed by atoms with Crippen molar-refractivity contribution in [1.82, 2.24) is 19.9 Å². The first-order chi connectivity index (χ1) is 40.9. The van der Waals surface area contributed by atoms with Crippen molar-refractivity contribution >= 4 is 291 Å². The van der Waals surface area contributed by atoms with E-state index in [1.54, 1.807) is 313 Å². The molecule has 4 aliphatic carbocycles. The Bertz CT molecular complexity index is 7530. The fourth-order valence-corrected chi connectivity index (χ4v) is 27.7. The van der Waals surface area contributed by atoms with Crippen molar-refractivity contribution in [2.75, 3.05) is 0 Å². The zero-order chi connectivity index (χ0) is 49.3. The Labute approximate surface area is 450 Å². The lowest BCUT2D eigenvalue weighted by Crippen LogP contribution is -2.52. The molecule has 82 heavy (non-hydrogen) atoms. The van der Waals surface area contributed by atoms with Gasteiger partial charge in [-0.05, 0) is 350 Å². The number of benzene rings is 18. The van der Waals surface area contributed by atoms with Gasteiger partial charge in [-0.3, -0.25) is 19.9 Å². The summed E-state index contributed by atoms with van der Waals surface area (Å²) in [4.78, 5) is 19.9. The van der Waals surface area contributed by atoms with Crippen LogP contribution in [0.4, 0.5) is 0 Å². The minimum atomic E-state index is -0.607. The molecule has 0 N–H and O–H groups in total. The highest BCUT2D eigenvalue weighted by molar-refractivity contribution is 6.82. The average molecular weight is 1010 g/mol. The summed E-state index contributed by atoms with van der Waals surface area (Å²) in [6, 6.07) is 20.1. The first-order valence-corrected chi connectivity index (χ1v) is 30.2. The molecule has 2 atom stereocenters. The molecule has 31 aromatic rings. The van der Waals surface area contributed by atoms with E-state index in [9.17, 15) is 0 Å². The van der Waals surface area contributed by atoms with E-state index in [2.05, 4.69) is 71.9 Å². The lowest BCUT2D eigenvalue weighted by atomic mass is 9.46. The van der Waals surface area contributed by atoms with Crippen LogP contribution in [0.1, 0.15) is 51.4 Å². The molecule has 0 bridgehead atoms. The van der Waals surface area contributed by atoms with Gasteiger partial charge in [0.2, 0.25) is 0 Å². The zero-order valence-corrected chi connectivity index (χ0v) is 42.1. The fourth-order valence-electron chi connectivity index (χ4n) is 27.7. The minimum Gasteiger partial charge on any atom is -0.278 e. The molecule has 0 amide bonds. The Balaban J connectivity index is 1.05. The number of likely N-dealkylation sites (tertiary alicyclic amines) is 1. The number of rotatable bonds is 4. The molecule has 1 saturated heterocycles. The first kappa shape index (κ1) is 32.2. The highest BCUT2D eigenvalue weighted by Crippen LogP contribution is 2.89. The van der Waals surface area contributed by atoms with Crippen LogP contribution >= 0.6 is 0 Å². The minimum absolute atomic E-state index is 0.168. The highest BCUT2D eigenvalue weighted by Gasteiger charge is 2.80. The van der Waals surface area contributed by atoms with Gasteiger partial charge in [0.15, 0.2) is 0 Å². The van der Waals surface area contributed by atoms with E-state index >= 15 is 0 Å². The summed E-state index contributed by atoms with van der Waals surface area (Å²) in [7, 11) is 0. The average Bonchev–Trinajstić information content (AvgIpc) is 1.43. The van der Waals surface area contributed by atoms with Crippen LogP contribution < -0.4 is 0 Å². The summed E-state index contributed by atoms with van der Waals surface area (Å²) in [5, 5.41) is 87.5. The van der Waals surface area contributed by atoms with E-state index in [4.69, 9.17) is 15.0 Å². The summed E-state index contributed by atoms with van der Waals surface area (Å²) in [5.41, 5.74) is 8.86. The van der Waals surface area contributed by atoms with Crippen LogP contribution in [-0.4, -0.2) is 19.9 Å². The summed E-state index contributed by atoms with van der Waals surface area (Å²) in [6.07, 6.45) is 6.28. The maximum absolute atomic E-state index is 5.80. The molecule has 28 aromatic carbocycles. The Morgan fingerprint density at radius 2 is 0.427 bits per heavy atom. The van der Waals surface area contributed by atoms with Crippen molar-refractivity contribution in [3.63, 3.8) is 0 Å². The Kier molecular flexibility index (Phi) is 3.09. The van der Waals surface area contributed by atoms with Crippen molar-refractivity contribution in [3.05, 3.63) is 113 Å². The zero-order valence-electron chi connectivity index (χ0n) is 42.1. The predicted molar refractivity (Wildman–Crippen MR) is 338 cm³/mol. The molecule has 348 valence electrons. The quantitative estimate of drug-likeness (QED) is 0.165. The van der Waals surface area contributed by atoms with Gasteiger partial charge in [0.25, 0.3) is 0 Å². The predicted octanol–water partition coefficient (Wildman–Crippen LogP) is 19.5. The molecule has 0 saturated carbocycles. The number of hydrogen-bond donors (Lipinski definition) is 0. The summed E-state index contributed by atoms with van der Waals surface area (Å²) >= 11 is 0. The van der Waals surface area contributed by atoms with E-state index in [-0.39, 0.29) is 12.1 Å². The van der Waals surface area contributed by atoms with Gasteiger partial charge in [0, 0.05) is 25.1 Å². The van der Waals surface area contributed by atoms with Gasteiger partial charge in [-0.25, -0.2) is 0 Å². The topological polar surface area (TPSA) is 41.9 Å². The molecule has 1 aliphatic heterocycles. The van der Waals surface area contributed by atoms with Crippen molar-refractivity contribution in [2.24, 2.45) is 0 Å². The Hall–Kier alpha value is -10.1. The van der Waals surface area contributed by atoms with E-state index in [0.717, 1.165) is 5.69 Å². The molecule has 4 heteroatoms. The Morgan fingerprint density at radius 3 is 0.610 bits per heavy atom. The standard InChI is InChI=1S/C78H16N4/c1-4-10-79-14(7-1)13-82-75(15-8-2-5-11-80-15)77-71-63-55-45-35-27-19-17-18-21-25-23(19)31-39-33(25)43-37-29(21)30-22(18)26-24-20(17)28(27)36-42-32(24)40-34(26)44-38(30)48-47(37)57-51(43)61-53(39)59(49(55)41(31)35)67(71)69(61)73-65(57)66-58(48)52(44)62-54(40)60-50(42)56(46(36)45)64(63)72(77)68(60)70(62)74(66)78(73,77)76(82)16-9-3-6-12-81-16/h1-12,75-76H,13H2/t75-,76-,77?,78?/m0/s1. The van der Waals surface area contributed by atoms with E-state index < -0.39 is 10.8 Å². The molecule has 0 radical (unpaired) electrons. The van der Waals surface area contributed by atoms with Crippen LogP contribution in [0.2, 0.25) is 0 Å². The van der Waals surface area contributed by atoms with Crippen LogP contribution in [0.25, 0.3) is 291 Å². The largest absolute Gasteiger partial charge is 0.278 e. The molecule has 4 nitrogen and oxygen atoms in total. The Morgan fingerprint density at radius 1 is 0.232 bits per heavy atom. The number of pyridine rings is 3. The molecular formula is C78H16N4. The molecule has 5 aliphatic rings. The lowest BCUT2D eigenvalue weighted by molar-refractivity contribution is 0.157. The molecule has 3 aromatic heterocycles. The molecular weight excluding hydrogens is 993 g/mol. The third-order valence-corrected chi connectivity index (χ3v) is 27.9. The lowest BCUT2D eigenvalue weighted by Gasteiger charge is -2.53. The molecule has 2 spiro atoms. The van der Waals surface area contributed by atoms with Gasteiger partial charge in [0.1, 0.15) is 0 Å². The van der Waals surface area contributed by atoms with Crippen LogP contribution in [0.3, 0.4) is 0 Å². The van der Waals surface area contributed by atoms with Crippen molar-refractivity contribution in [1.29, 1.82) is 0 Å². The van der Waals surface area contributed by atoms with Crippen LogP contribution in [0, 0.1) is 0 Å². The van der Waals surface area contributed by atoms with Gasteiger partial charge in [0.05, 0.1) is 40.0 Å². The van der Waals surface area contributed by atoms with Crippen molar-refractivity contribution in [3.8, 4) is 0 Å². The van der Waals surface area contributed by atoms with E-state index in [1.807, 2.05) is 6.20 Å². The van der Waals surface area contributed by atoms with E-state index in [1.165, 1.54) is 11.4 Å². The normalized spacial score (nSPS) is 23.0. The van der Waals surface area contributed by atoms with Crippen LogP contribution in [-0.2, 0) is 17.4 Å². The van der Waals surface area contributed by atoms with Crippen LogP contribution in [0.5, 0.6) is 0 Å². The van der Waals surface area contributed by atoms with Crippen molar-refractivity contribution in [2.45, 2.75) is 29.5 Å². The SMILES string of the molecule is c1ccc(CN2[C@@H](c3ccccn3)C34c5c6c7c8c9c%10c(c%11c%12c3c3c5c5c%13c6c6c7c7c9c9c%14c%10c%10c%11c%11c%12c%12c3c3c5c5c%13c%13c6c6c7c9c7c9c%14c%10c%10c%11c%11c%12c3c3c5c5c%13c6c7c6c9c%10c%11c3c56)C84[C@@H]2c2ccccn2)nc1. The second-order valence-electron chi connectivity index (χ2n) is 28.7. The van der Waals surface area contributed by atoms with Gasteiger partial charge < -0.3 is 0 Å². The second-order valence-corrected chi connectivity index (χ2v) is 28.7. The monoisotopic (exact) mass is 1010 g/mol.